The van der Waals surface area contributed by atoms with Crippen LogP contribution < -0.4 is 5.32 Å². The molecule has 1 amide bonds. The quantitative estimate of drug-likeness (QED) is 0.838. The Bertz CT molecular complexity index is 731. The van der Waals surface area contributed by atoms with E-state index in [0.717, 1.165) is 36.1 Å². The monoisotopic (exact) mass is 358 g/mol. The molecule has 134 valence electrons. The number of amides is 1. The van der Waals surface area contributed by atoms with Gasteiger partial charge in [0.25, 0.3) is 0 Å². The van der Waals surface area contributed by atoms with Crippen molar-refractivity contribution in [2.45, 2.75) is 63.6 Å². The first-order valence-electron chi connectivity index (χ1n) is 8.89. The second-order valence-corrected chi connectivity index (χ2v) is 8.47. The molecule has 1 aromatic carbocycles. The minimum absolute atomic E-state index is 0.0144. The highest BCUT2D eigenvalue weighted by molar-refractivity contribution is 7.99. The predicted molar refractivity (Wildman–Crippen MR) is 102 cm³/mol. The number of carbonyl (C=O) groups is 1. The Kier molecular flexibility index (Phi) is 5.47. The average molecular weight is 359 g/mol. The summed E-state index contributed by atoms with van der Waals surface area (Å²) in [5, 5.41) is 12.3. The minimum atomic E-state index is -0.0144. The van der Waals surface area contributed by atoms with Gasteiger partial charge in [-0.05, 0) is 36.0 Å². The van der Waals surface area contributed by atoms with E-state index in [2.05, 4.69) is 53.0 Å². The molecule has 0 saturated carbocycles. The summed E-state index contributed by atoms with van der Waals surface area (Å²) >= 11 is 1.46. The predicted octanol–water partition coefficient (Wildman–Crippen LogP) is 4.03. The van der Waals surface area contributed by atoms with Crippen LogP contribution in [0.4, 0.5) is 5.69 Å². The Hall–Kier alpha value is -1.82. The first-order valence-corrected chi connectivity index (χ1v) is 9.87. The largest absolute Gasteiger partial charge is 0.325 e. The van der Waals surface area contributed by atoms with Gasteiger partial charge in [-0.2, -0.15) is 0 Å². The molecule has 0 unspecified atom stereocenters. The van der Waals surface area contributed by atoms with Crippen LogP contribution in [-0.4, -0.2) is 26.4 Å². The zero-order valence-corrected chi connectivity index (χ0v) is 16.0. The number of benzene rings is 1. The first-order chi connectivity index (χ1) is 11.9. The van der Waals surface area contributed by atoms with Gasteiger partial charge in [0.05, 0.1) is 5.75 Å². The van der Waals surface area contributed by atoms with Gasteiger partial charge in [-0.1, -0.05) is 51.1 Å². The molecule has 1 aromatic heterocycles. The zero-order valence-electron chi connectivity index (χ0n) is 15.2. The van der Waals surface area contributed by atoms with Gasteiger partial charge in [-0.25, -0.2) is 0 Å². The van der Waals surface area contributed by atoms with Crippen molar-refractivity contribution in [2.24, 2.45) is 0 Å². The summed E-state index contributed by atoms with van der Waals surface area (Å²) in [7, 11) is 0. The van der Waals surface area contributed by atoms with Crippen molar-refractivity contribution in [1.29, 1.82) is 0 Å². The van der Waals surface area contributed by atoms with E-state index >= 15 is 0 Å². The molecule has 0 radical (unpaired) electrons. The lowest BCUT2D eigenvalue weighted by Gasteiger charge is -2.19. The van der Waals surface area contributed by atoms with Gasteiger partial charge >= 0.3 is 0 Å². The van der Waals surface area contributed by atoms with E-state index in [0.29, 0.717) is 5.75 Å². The Morgan fingerprint density at radius 2 is 1.92 bits per heavy atom. The van der Waals surface area contributed by atoms with E-state index in [1.165, 1.54) is 30.2 Å². The van der Waals surface area contributed by atoms with Gasteiger partial charge in [0.2, 0.25) is 5.91 Å². The number of nitrogens with one attached hydrogen (secondary N) is 1. The van der Waals surface area contributed by atoms with Gasteiger partial charge in [-0.15, -0.1) is 10.2 Å². The molecular weight excluding hydrogens is 332 g/mol. The molecule has 0 spiro atoms. The number of aromatic nitrogens is 3. The van der Waals surface area contributed by atoms with Crippen molar-refractivity contribution in [3.8, 4) is 0 Å². The number of carbonyl (C=O) groups excluding carboxylic acids is 1. The summed E-state index contributed by atoms with van der Waals surface area (Å²) in [5.74, 6) is 1.39. The van der Waals surface area contributed by atoms with Crippen molar-refractivity contribution in [2.75, 3.05) is 11.1 Å². The molecule has 25 heavy (non-hydrogen) atoms. The smallest absolute Gasteiger partial charge is 0.234 e. The minimum Gasteiger partial charge on any atom is -0.325 e. The third kappa shape index (κ3) is 4.63. The number of aryl methyl sites for hydroxylation is 1. The Morgan fingerprint density at radius 3 is 2.64 bits per heavy atom. The standard InChI is InChI=1S/C19H26N4OS/c1-19(2,3)14-8-10-15(11-9-14)20-17(24)13-25-18-22-21-16-7-5-4-6-12-23(16)18/h8-11H,4-7,12-13H2,1-3H3,(H,20,24). The Labute approximate surface area is 153 Å². The van der Waals surface area contributed by atoms with Crippen LogP contribution in [0.1, 0.15) is 51.4 Å². The van der Waals surface area contributed by atoms with Crippen LogP contribution in [0.25, 0.3) is 0 Å². The highest BCUT2D eigenvalue weighted by atomic mass is 32.2. The van der Waals surface area contributed by atoms with Crippen LogP contribution in [0.2, 0.25) is 0 Å². The maximum atomic E-state index is 12.2. The number of thioether (sulfide) groups is 1. The zero-order chi connectivity index (χ0) is 17.9. The first kappa shape index (κ1) is 18.0. The molecule has 0 aliphatic carbocycles. The summed E-state index contributed by atoms with van der Waals surface area (Å²) in [6.07, 6.45) is 4.55. The summed E-state index contributed by atoms with van der Waals surface area (Å²) in [5.41, 5.74) is 2.20. The lowest BCUT2D eigenvalue weighted by molar-refractivity contribution is -0.113. The Morgan fingerprint density at radius 1 is 1.16 bits per heavy atom. The van der Waals surface area contributed by atoms with Crippen molar-refractivity contribution in [3.05, 3.63) is 35.7 Å². The van der Waals surface area contributed by atoms with E-state index in [4.69, 9.17) is 0 Å². The van der Waals surface area contributed by atoms with Crippen LogP contribution in [0.5, 0.6) is 0 Å². The molecule has 6 heteroatoms. The van der Waals surface area contributed by atoms with Crippen LogP contribution in [0.15, 0.2) is 29.4 Å². The lowest BCUT2D eigenvalue weighted by atomic mass is 9.87. The van der Waals surface area contributed by atoms with E-state index < -0.39 is 0 Å². The average Bonchev–Trinajstić information content (AvgIpc) is 2.79. The molecule has 0 atom stereocenters. The molecule has 0 saturated heterocycles. The van der Waals surface area contributed by atoms with Crippen molar-refractivity contribution in [3.63, 3.8) is 0 Å². The van der Waals surface area contributed by atoms with E-state index in [-0.39, 0.29) is 11.3 Å². The number of rotatable bonds is 4. The van der Waals surface area contributed by atoms with Crippen molar-refractivity contribution >= 4 is 23.4 Å². The summed E-state index contributed by atoms with van der Waals surface area (Å²) in [6, 6.07) is 8.07. The van der Waals surface area contributed by atoms with Crippen LogP contribution in [0, 0.1) is 0 Å². The molecule has 0 bridgehead atoms. The highest BCUT2D eigenvalue weighted by Gasteiger charge is 2.16. The molecule has 0 fully saturated rings. The summed E-state index contributed by atoms with van der Waals surface area (Å²) < 4.78 is 2.17. The van der Waals surface area contributed by atoms with Crippen LogP contribution in [0.3, 0.4) is 0 Å². The van der Waals surface area contributed by atoms with Crippen LogP contribution >= 0.6 is 11.8 Å². The number of hydrogen-bond acceptors (Lipinski definition) is 4. The molecule has 2 heterocycles. The van der Waals surface area contributed by atoms with Crippen LogP contribution in [-0.2, 0) is 23.2 Å². The summed E-state index contributed by atoms with van der Waals surface area (Å²) in [6.45, 7) is 7.50. The highest BCUT2D eigenvalue weighted by Crippen LogP contribution is 2.24. The second kappa shape index (κ2) is 7.60. The maximum absolute atomic E-state index is 12.2. The molecule has 5 nitrogen and oxygen atoms in total. The fourth-order valence-electron chi connectivity index (χ4n) is 2.95. The molecule has 2 aromatic rings. The van der Waals surface area contributed by atoms with Gasteiger partial charge in [0, 0.05) is 18.7 Å². The SMILES string of the molecule is CC(C)(C)c1ccc(NC(=O)CSc2nnc3n2CCCCC3)cc1. The van der Waals surface area contributed by atoms with Crippen molar-refractivity contribution < 1.29 is 4.79 Å². The van der Waals surface area contributed by atoms with E-state index in [9.17, 15) is 4.79 Å². The van der Waals surface area contributed by atoms with E-state index in [1.807, 2.05) is 12.1 Å². The third-order valence-corrected chi connectivity index (χ3v) is 5.41. The number of hydrogen-bond donors (Lipinski definition) is 1. The van der Waals surface area contributed by atoms with Gasteiger partial charge in [0.15, 0.2) is 5.16 Å². The van der Waals surface area contributed by atoms with E-state index in [1.54, 1.807) is 0 Å². The Balaban J connectivity index is 1.56. The van der Waals surface area contributed by atoms with Gasteiger partial charge in [-0.3, -0.25) is 4.79 Å². The second-order valence-electron chi connectivity index (χ2n) is 7.53. The third-order valence-electron chi connectivity index (χ3n) is 4.44. The molecule has 1 aliphatic rings. The van der Waals surface area contributed by atoms with Crippen molar-refractivity contribution in [1.82, 2.24) is 14.8 Å². The van der Waals surface area contributed by atoms with Gasteiger partial charge < -0.3 is 9.88 Å². The van der Waals surface area contributed by atoms with Gasteiger partial charge in [0.1, 0.15) is 5.82 Å². The number of nitrogens with zero attached hydrogens (tertiary/aromatic N) is 3. The summed E-state index contributed by atoms with van der Waals surface area (Å²) in [4.78, 5) is 12.2. The number of fused-ring (bicyclic) bond motifs is 1. The molecule has 3 rings (SSSR count). The maximum Gasteiger partial charge on any atom is 0.234 e. The molecule has 1 aliphatic heterocycles. The molecular formula is C19H26N4OS. The molecule has 1 N–H and O–H groups in total. The topological polar surface area (TPSA) is 59.8 Å². The normalized spacial score (nSPS) is 14.7. The lowest BCUT2D eigenvalue weighted by Crippen LogP contribution is -2.15. The number of anilines is 1. The fraction of sp³-hybridized carbons (Fsp3) is 0.526. The fourth-order valence-corrected chi connectivity index (χ4v) is 3.73.